The standard InChI is InChI=1S/C18H27ClN2OS/c1-15(2)18(22)21-11-5-9-20(12-13-21)10-6-14-23-17-8-4-3-7-16(17)19/h3-4,7-8,15H,5-6,9-14H2,1-2H3. The van der Waals surface area contributed by atoms with E-state index in [-0.39, 0.29) is 5.92 Å². The van der Waals surface area contributed by atoms with Crippen molar-refractivity contribution in [2.24, 2.45) is 5.92 Å². The fourth-order valence-corrected chi connectivity index (χ4v) is 3.99. The smallest absolute Gasteiger partial charge is 0.225 e. The first-order valence-electron chi connectivity index (χ1n) is 8.46. The minimum atomic E-state index is 0.105. The van der Waals surface area contributed by atoms with E-state index in [4.69, 9.17) is 11.6 Å². The van der Waals surface area contributed by atoms with Crippen LogP contribution >= 0.6 is 23.4 Å². The predicted octanol–water partition coefficient (Wildman–Crippen LogP) is 4.01. The first kappa shape index (κ1) is 18.6. The van der Waals surface area contributed by atoms with E-state index in [1.54, 1.807) is 0 Å². The van der Waals surface area contributed by atoms with Crippen LogP contribution in [0.15, 0.2) is 29.2 Å². The van der Waals surface area contributed by atoms with Crippen LogP contribution in [-0.4, -0.2) is 54.2 Å². The number of amides is 1. The summed E-state index contributed by atoms with van der Waals surface area (Å²) in [6.07, 6.45) is 2.23. The highest BCUT2D eigenvalue weighted by molar-refractivity contribution is 7.99. The molecule has 1 aliphatic rings. The van der Waals surface area contributed by atoms with Gasteiger partial charge < -0.3 is 9.80 Å². The summed E-state index contributed by atoms with van der Waals surface area (Å²) in [6.45, 7) is 8.93. The number of thioether (sulfide) groups is 1. The summed E-state index contributed by atoms with van der Waals surface area (Å²) in [6, 6.07) is 8.02. The molecule has 0 N–H and O–H groups in total. The predicted molar refractivity (Wildman–Crippen MR) is 99.3 cm³/mol. The number of carbonyl (C=O) groups excluding carboxylic acids is 1. The maximum absolute atomic E-state index is 12.1. The zero-order chi connectivity index (χ0) is 16.7. The minimum Gasteiger partial charge on any atom is -0.341 e. The molecule has 0 bridgehead atoms. The summed E-state index contributed by atoms with van der Waals surface area (Å²) < 4.78 is 0. The summed E-state index contributed by atoms with van der Waals surface area (Å²) in [5.74, 6) is 1.48. The number of carbonyl (C=O) groups is 1. The van der Waals surface area contributed by atoms with E-state index in [2.05, 4.69) is 11.0 Å². The van der Waals surface area contributed by atoms with Crippen LogP contribution in [0, 0.1) is 5.92 Å². The molecular weight excluding hydrogens is 328 g/mol. The Morgan fingerprint density at radius 2 is 2.00 bits per heavy atom. The van der Waals surface area contributed by atoms with Crippen molar-refractivity contribution in [2.45, 2.75) is 31.6 Å². The average Bonchev–Trinajstić information content (AvgIpc) is 2.78. The Balaban J connectivity index is 1.69. The monoisotopic (exact) mass is 354 g/mol. The minimum absolute atomic E-state index is 0.105. The first-order chi connectivity index (χ1) is 11.1. The summed E-state index contributed by atoms with van der Waals surface area (Å²) in [5, 5.41) is 0.843. The normalized spacial score (nSPS) is 16.6. The fourth-order valence-electron chi connectivity index (χ4n) is 2.81. The molecule has 2 rings (SSSR count). The molecule has 0 saturated carbocycles. The van der Waals surface area contributed by atoms with Crippen LogP contribution < -0.4 is 0 Å². The van der Waals surface area contributed by atoms with Gasteiger partial charge in [0, 0.05) is 30.4 Å². The van der Waals surface area contributed by atoms with Crippen molar-refractivity contribution in [1.82, 2.24) is 9.80 Å². The highest BCUT2D eigenvalue weighted by atomic mass is 35.5. The van der Waals surface area contributed by atoms with Gasteiger partial charge in [0.25, 0.3) is 0 Å². The van der Waals surface area contributed by atoms with Gasteiger partial charge in [0.05, 0.1) is 5.02 Å². The summed E-state index contributed by atoms with van der Waals surface area (Å²) in [5.41, 5.74) is 0. The van der Waals surface area contributed by atoms with Gasteiger partial charge in [-0.15, -0.1) is 11.8 Å². The quantitative estimate of drug-likeness (QED) is 0.569. The van der Waals surface area contributed by atoms with Gasteiger partial charge in [0.2, 0.25) is 5.91 Å². The average molecular weight is 355 g/mol. The number of nitrogens with zero attached hydrogens (tertiary/aromatic N) is 2. The van der Waals surface area contributed by atoms with Gasteiger partial charge in [-0.05, 0) is 43.8 Å². The van der Waals surface area contributed by atoms with Crippen molar-refractivity contribution in [3.63, 3.8) is 0 Å². The van der Waals surface area contributed by atoms with Gasteiger partial charge in [-0.3, -0.25) is 4.79 Å². The van der Waals surface area contributed by atoms with Gasteiger partial charge in [0.15, 0.2) is 0 Å². The molecule has 0 unspecified atom stereocenters. The molecule has 3 nitrogen and oxygen atoms in total. The summed E-state index contributed by atoms with van der Waals surface area (Å²) >= 11 is 8.00. The summed E-state index contributed by atoms with van der Waals surface area (Å²) in [7, 11) is 0. The van der Waals surface area contributed by atoms with Crippen molar-refractivity contribution in [2.75, 3.05) is 38.5 Å². The lowest BCUT2D eigenvalue weighted by atomic mass is 10.2. The maximum atomic E-state index is 12.1. The third kappa shape index (κ3) is 6.02. The van der Waals surface area contributed by atoms with E-state index < -0.39 is 0 Å². The number of benzene rings is 1. The van der Waals surface area contributed by atoms with Crippen molar-refractivity contribution in [3.8, 4) is 0 Å². The first-order valence-corrected chi connectivity index (χ1v) is 9.82. The summed E-state index contributed by atoms with van der Waals surface area (Å²) in [4.78, 5) is 17.8. The zero-order valence-corrected chi connectivity index (χ0v) is 15.7. The number of hydrogen-bond donors (Lipinski definition) is 0. The third-order valence-electron chi connectivity index (χ3n) is 4.11. The van der Waals surface area contributed by atoms with Crippen LogP contribution in [0.2, 0.25) is 5.02 Å². The van der Waals surface area contributed by atoms with Crippen molar-refractivity contribution >= 4 is 29.3 Å². The van der Waals surface area contributed by atoms with E-state index in [0.717, 1.165) is 56.3 Å². The second kappa shape index (κ2) is 9.55. The molecule has 23 heavy (non-hydrogen) atoms. The highest BCUT2D eigenvalue weighted by Gasteiger charge is 2.20. The lowest BCUT2D eigenvalue weighted by molar-refractivity contribution is -0.134. The molecule has 0 aliphatic carbocycles. The second-order valence-corrected chi connectivity index (χ2v) is 7.85. The van der Waals surface area contributed by atoms with Gasteiger partial charge in [-0.2, -0.15) is 0 Å². The Hall–Kier alpha value is -0.710. The molecule has 1 aromatic rings. The number of hydrogen-bond acceptors (Lipinski definition) is 3. The van der Waals surface area contributed by atoms with Crippen LogP contribution in [0.3, 0.4) is 0 Å². The van der Waals surface area contributed by atoms with E-state index in [9.17, 15) is 4.79 Å². The fraction of sp³-hybridized carbons (Fsp3) is 0.611. The lowest BCUT2D eigenvalue weighted by Gasteiger charge is -2.23. The van der Waals surface area contributed by atoms with Gasteiger partial charge in [-0.1, -0.05) is 37.6 Å². The topological polar surface area (TPSA) is 23.6 Å². The van der Waals surface area contributed by atoms with Crippen molar-refractivity contribution in [1.29, 1.82) is 0 Å². The third-order valence-corrected chi connectivity index (χ3v) is 5.71. The molecule has 0 spiro atoms. The molecule has 1 aromatic carbocycles. The second-order valence-electron chi connectivity index (χ2n) is 6.31. The van der Waals surface area contributed by atoms with Gasteiger partial charge in [0.1, 0.15) is 0 Å². The van der Waals surface area contributed by atoms with E-state index in [1.807, 2.05) is 48.7 Å². The molecule has 1 heterocycles. The zero-order valence-electron chi connectivity index (χ0n) is 14.1. The molecule has 5 heteroatoms. The number of rotatable bonds is 6. The molecule has 0 atom stereocenters. The molecule has 1 amide bonds. The highest BCUT2D eigenvalue weighted by Crippen LogP contribution is 2.26. The van der Waals surface area contributed by atoms with Crippen LogP contribution in [0.25, 0.3) is 0 Å². The van der Waals surface area contributed by atoms with Crippen molar-refractivity contribution in [3.05, 3.63) is 29.3 Å². The van der Waals surface area contributed by atoms with E-state index >= 15 is 0 Å². The largest absolute Gasteiger partial charge is 0.341 e. The maximum Gasteiger partial charge on any atom is 0.225 e. The Kier molecular flexibility index (Phi) is 7.74. The van der Waals surface area contributed by atoms with Crippen LogP contribution in [-0.2, 0) is 4.79 Å². The van der Waals surface area contributed by atoms with Gasteiger partial charge in [-0.25, -0.2) is 0 Å². The molecule has 1 fully saturated rings. The van der Waals surface area contributed by atoms with Crippen LogP contribution in [0.4, 0.5) is 0 Å². The van der Waals surface area contributed by atoms with Crippen LogP contribution in [0.5, 0.6) is 0 Å². The number of halogens is 1. The van der Waals surface area contributed by atoms with Gasteiger partial charge >= 0.3 is 0 Å². The van der Waals surface area contributed by atoms with E-state index in [0.29, 0.717) is 5.91 Å². The molecule has 1 aliphatic heterocycles. The van der Waals surface area contributed by atoms with Crippen LogP contribution in [0.1, 0.15) is 26.7 Å². The SMILES string of the molecule is CC(C)C(=O)N1CCCN(CCCSc2ccccc2Cl)CC1. The lowest BCUT2D eigenvalue weighted by Crippen LogP contribution is -2.37. The molecular formula is C18H27ClN2OS. The van der Waals surface area contributed by atoms with E-state index in [1.165, 1.54) is 4.90 Å². The molecule has 128 valence electrons. The van der Waals surface area contributed by atoms with Crippen molar-refractivity contribution < 1.29 is 4.79 Å². The Bertz CT molecular complexity index is 510. The molecule has 1 saturated heterocycles. The Morgan fingerprint density at radius 1 is 1.22 bits per heavy atom. The molecule has 0 radical (unpaired) electrons. The molecule has 0 aromatic heterocycles. The Morgan fingerprint density at radius 3 is 2.74 bits per heavy atom. The Labute approximate surface area is 149 Å².